The van der Waals surface area contributed by atoms with Gasteiger partial charge < -0.3 is 10.2 Å². The molecule has 1 fully saturated rings. The summed E-state index contributed by atoms with van der Waals surface area (Å²) < 4.78 is 0. The van der Waals surface area contributed by atoms with Crippen LogP contribution in [0.2, 0.25) is 0 Å². The fraction of sp³-hybridized carbons (Fsp3) is 0.733. The average Bonchev–Trinajstić information content (AvgIpc) is 2.90. The summed E-state index contributed by atoms with van der Waals surface area (Å²) in [4.78, 5) is 14.5. The van der Waals surface area contributed by atoms with Crippen LogP contribution in [0.25, 0.3) is 0 Å². The SMILES string of the molecule is CCNc1nc(C2CN(C)CCN2C)nc2c1CCC2. The summed E-state index contributed by atoms with van der Waals surface area (Å²) in [5.41, 5.74) is 2.62. The highest BCUT2D eigenvalue weighted by Gasteiger charge is 2.28. The molecule has 0 saturated carbocycles. The molecule has 20 heavy (non-hydrogen) atoms. The number of aromatic nitrogens is 2. The van der Waals surface area contributed by atoms with Gasteiger partial charge in [0.25, 0.3) is 0 Å². The third-order valence-corrected chi connectivity index (χ3v) is 4.44. The van der Waals surface area contributed by atoms with Crippen molar-refractivity contribution in [2.24, 2.45) is 0 Å². The first-order valence-corrected chi connectivity index (χ1v) is 7.71. The minimum absolute atomic E-state index is 0.317. The molecule has 1 aromatic rings. The molecule has 1 aliphatic heterocycles. The van der Waals surface area contributed by atoms with E-state index in [2.05, 4.69) is 36.1 Å². The zero-order valence-corrected chi connectivity index (χ0v) is 12.8. The maximum Gasteiger partial charge on any atom is 0.149 e. The zero-order valence-electron chi connectivity index (χ0n) is 12.8. The Morgan fingerprint density at radius 1 is 1.20 bits per heavy atom. The summed E-state index contributed by atoms with van der Waals surface area (Å²) >= 11 is 0. The van der Waals surface area contributed by atoms with Crippen LogP contribution in [0.5, 0.6) is 0 Å². The molecule has 2 heterocycles. The summed E-state index contributed by atoms with van der Waals surface area (Å²) in [6.45, 7) is 6.27. The van der Waals surface area contributed by atoms with Crippen molar-refractivity contribution in [1.29, 1.82) is 0 Å². The molecule has 5 nitrogen and oxygen atoms in total. The smallest absolute Gasteiger partial charge is 0.149 e. The van der Waals surface area contributed by atoms with E-state index in [9.17, 15) is 0 Å². The molecule has 110 valence electrons. The summed E-state index contributed by atoms with van der Waals surface area (Å²) in [6, 6.07) is 0.317. The minimum atomic E-state index is 0.317. The van der Waals surface area contributed by atoms with Crippen molar-refractivity contribution in [2.45, 2.75) is 32.2 Å². The monoisotopic (exact) mass is 275 g/mol. The topological polar surface area (TPSA) is 44.3 Å². The fourth-order valence-electron chi connectivity index (χ4n) is 3.20. The molecule has 1 aromatic heterocycles. The van der Waals surface area contributed by atoms with Crippen molar-refractivity contribution >= 4 is 5.82 Å². The van der Waals surface area contributed by atoms with Crippen LogP contribution in [0.3, 0.4) is 0 Å². The van der Waals surface area contributed by atoms with Crippen molar-refractivity contribution in [2.75, 3.05) is 45.6 Å². The van der Waals surface area contributed by atoms with E-state index in [1.54, 1.807) is 0 Å². The third-order valence-electron chi connectivity index (χ3n) is 4.44. The first-order valence-electron chi connectivity index (χ1n) is 7.71. The second-order valence-corrected chi connectivity index (χ2v) is 6.00. The maximum absolute atomic E-state index is 4.89. The zero-order chi connectivity index (χ0) is 14.1. The number of anilines is 1. The van der Waals surface area contributed by atoms with E-state index >= 15 is 0 Å². The molecular formula is C15H25N5. The Morgan fingerprint density at radius 2 is 2.05 bits per heavy atom. The largest absolute Gasteiger partial charge is 0.370 e. The molecule has 5 heteroatoms. The number of hydrogen-bond donors (Lipinski definition) is 1. The van der Waals surface area contributed by atoms with E-state index in [1.165, 1.54) is 17.7 Å². The van der Waals surface area contributed by atoms with Crippen LogP contribution >= 0.6 is 0 Å². The van der Waals surface area contributed by atoms with Gasteiger partial charge in [0, 0.05) is 37.4 Å². The van der Waals surface area contributed by atoms with Crippen LogP contribution in [-0.2, 0) is 12.8 Å². The lowest BCUT2D eigenvalue weighted by Gasteiger charge is -2.36. The molecule has 1 atom stereocenters. The van der Waals surface area contributed by atoms with Gasteiger partial charge in [-0.15, -0.1) is 0 Å². The van der Waals surface area contributed by atoms with E-state index in [0.717, 1.165) is 50.7 Å². The lowest BCUT2D eigenvalue weighted by atomic mass is 10.1. The summed E-state index contributed by atoms with van der Waals surface area (Å²) in [6.07, 6.45) is 3.44. The molecule has 0 radical (unpaired) electrons. The van der Waals surface area contributed by atoms with Crippen LogP contribution < -0.4 is 5.32 Å². The summed E-state index contributed by atoms with van der Waals surface area (Å²) in [5.74, 6) is 2.07. The van der Waals surface area contributed by atoms with Gasteiger partial charge in [-0.1, -0.05) is 0 Å². The van der Waals surface area contributed by atoms with Crippen LogP contribution in [-0.4, -0.2) is 60.0 Å². The molecule has 1 N–H and O–H groups in total. The van der Waals surface area contributed by atoms with Gasteiger partial charge in [-0.2, -0.15) is 0 Å². The number of nitrogens with zero attached hydrogens (tertiary/aromatic N) is 4. The van der Waals surface area contributed by atoms with Crippen molar-refractivity contribution < 1.29 is 0 Å². The quantitative estimate of drug-likeness (QED) is 0.901. The average molecular weight is 275 g/mol. The first kappa shape index (κ1) is 13.8. The second kappa shape index (κ2) is 5.66. The molecule has 0 spiro atoms. The van der Waals surface area contributed by atoms with Gasteiger partial charge in [0.15, 0.2) is 0 Å². The molecule has 0 aromatic carbocycles. The highest BCUT2D eigenvalue weighted by molar-refractivity contribution is 5.49. The molecule has 0 amide bonds. The highest BCUT2D eigenvalue weighted by Crippen LogP contribution is 2.29. The first-order chi connectivity index (χ1) is 9.69. The van der Waals surface area contributed by atoms with Gasteiger partial charge in [0.05, 0.1) is 6.04 Å². The van der Waals surface area contributed by atoms with Gasteiger partial charge >= 0.3 is 0 Å². The van der Waals surface area contributed by atoms with Gasteiger partial charge in [0.1, 0.15) is 11.6 Å². The summed E-state index contributed by atoms with van der Waals surface area (Å²) in [5, 5.41) is 3.43. The number of piperazine rings is 1. The summed E-state index contributed by atoms with van der Waals surface area (Å²) in [7, 11) is 4.36. The molecule has 2 aliphatic rings. The fourth-order valence-corrected chi connectivity index (χ4v) is 3.20. The predicted molar refractivity (Wildman–Crippen MR) is 81.1 cm³/mol. The normalized spacial score (nSPS) is 23.9. The maximum atomic E-state index is 4.89. The Balaban J connectivity index is 1.94. The Labute approximate surface area is 121 Å². The van der Waals surface area contributed by atoms with Gasteiger partial charge in [0.2, 0.25) is 0 Å². The predicted octanol–water partition coefficient (Wildman–Crippen LogP) is 1.32. The van der Waals surface area contributed by atoms with Crippen molar-refractivity contribution in [1.82, 2.24) is 19.8 Å². The molecule has 1 unspecified atom stereocenters. The number of likely N-dealkylation sites (N-methyl/N-ethyl adjacent to an activating group) is 2. The van der Waals surface area contributed by atoms with Crippen LogP contribution in [0.15, 0.2) is 0 Å². The van der Waals surface area contributed by atoms with Crippen molar-refractivity contribution in [3.63, 3.8) is 0 Å². The van der Waals surface area contributed by atoms with Crippen molar-refractivity contribution in [3.05, 3.63) is 17.1 Å². The molecule has 0 bridgehead atoms. The van der Waals surface area contributed by atoms with Crippen molar-refractivity contribution in [3.8, 4) is 0 Å². The molecule has 1 aliphatic carbocycles. The van der Waals surface area contributed by atoms with Crippen LogP contribution in [0, 0.1) is 0 Å². The highest BCUT2D eigenvalue weighted by atomic mass is 15.3. The third kappa shape index (κ3) is 2.52. The number of rotatable bonds is 3. The molecular weight excluding hydrogens is 250 g/mol. The van der Waals surface area contributed by atoms with E-state index in [0.29, 0.717) is 6.04 Å². The van der Waals surface area contributed by atoms with Crippen LogP contribution in [0.4, 0.5) is 5.82 Å². The number of hydrogen-bond acceptors (Lipinski definition) is 5. The number of fused-ring (bicyclic) bond motifs is 1. The standard InChI is InChI=1S/C15H25N5/c1-4-16-14-11-6-5-7-12(11)17-15(18-14)13-10-19(2)8-9-20(13)3/h13H,4-10H2,1-3H3,(H,16,17,18). The Bertz CT molecular complexity index is 487. The second-order valence-electron chi connectivity index (χ2n) is 6.00. The minimum Gasteiger partial charge on any atom is -0.370 e. The van der Waals surface area contributed by atoms with Gasteiger partial charge in [-0.05, 0) is 40.3 Å². The van der Waals surface area contributed by atoms with Crippen LogP contribution in [0.1, 0.15) is 36.5 Å². The molecule has 3 rings (SSSR count). The Hall–Kier alpha value is -1.20. The van der Waals surface area contributed by atoms with E-state index in [1.807, 2.05) is 0 Å². The molecule has 1 saturated heterocycles. The Kier molecular flexibility index (Phi) is 3.89. The van der Waals surface area contributed by atoms with E-state index in [4.69, 9.17) is 9.97 Å². The lowest BCUT2D eigenvalue weighted by Crippen LogP contribution is -2.45. The number of nitrogens with one attached hydrogen (secondary N) is 1. The van der Waals surface area contributed by atoms with Gasteiger partial charge in [-0.3, -0.25) is 4.90 Å². The van der Waals surface area contributed by atoms with Gasteiger partial charge in [-0.25, -0.2) is 9.97 Å². The Morgan fingerprint density at radius 3 is 2.85 bits per heavy atom. The van der Waals surface area contributed by atoms with E-state index < -0.39 is 0 Å². The lowest BCUT2D eigenvalue weighted by molar-refractivity contribution is 0.109. The number of aryl methyl sites for hydroxylation is 1. The van der Waals surface area contributed by atoms with E-state index in [-0.39, 0.29) is 0 Å².